The molecule has 9 heteroatoms. The summed E-state index contributed by atoms with van der Waals surface area (Å²) in [5.74, 6) is -0.181. The second-order valence-corrected chi connectivity index (χ2v) is 7.94. The van der Waals surface area contributed by atoms with Crippen LogP contribution in [0.4, 0.5) is 16.2 Å². The van der Waals surface area contributed by atoms with Crippen LogP contribution in [-0.2, 0) is 9.53 Å². The molecule has 0 aliphatic carbocycles. The molecule has 4 rings (SSSR count). The molecular formula is C20H16BrClN4O3. The molecule has 7 nitrogen and oxygen atoms in total. The van der Waals surface area contributed by atoms with Crippen molar-refractivity contribution in [3.8, 4) is 0 Å². The van der Waals surface area contributed by atoms with Crippen LogP contribution < -0.4 is 10.2 Å². The monoisotopic (exact) mass is 474 g/mol. The van der Waals surface area contributed by atoms with E-state index in [0.717, 1.165) is 15.5 Å². The van der Waals surface area contributed by atoms with E-state index in [2.05, 4.69) is 37.8 Å². The van der Waals surface area contributed by atoms with Crippen LogP contribution in [0.2, 0.25) is 5.02 Å². The molecule has 2 heterocycles. The highest BCUT2D eigenvalue weighted by atomic mass is 79.9. The Balaban J connectivity index is 1.52. The number of nitrogens with one attached hydrogen (secondary N) is 2. The van der Waals surface area contributed by atoms with E-state index in [-0.39, 0.29) is 12.5 Å². The third-order valence-corrected chi connectivity index (χ3v) is 5.38. The summed E-state index contributed by atoms with van der Waals surface area (Å²) in [5, 5.41) is 3.12. The first-order chi connectivity index (χ1) is 13.8. The minimum atomic E-state index is -0.529. The van der Waals surface area contributed by atoms with E-state index in [0.29, 0.717) is 27.9 Å². The van der Waals surface area contributed by atoms with Gasteiger partial charge in [-0.3, -0.25) is 4.79 Å². The molecule has 2 amide bonds. The van der Waals surface area contributed by atoms with Crippen molar-refractivity contribution in [1.82, 2.24) is 9.97 Å². The molecule has 1 saturated heterocycles. The zero-order valence-electron chi connectivity index (χ0n) is 15.3. The maximum Gasteiger partial charge on any atom is 0.419 e. The van der Waals surface area contributed by atoms with Gasteiger partial charge in [0.15, 0.2) is 0 Å². The number of halogens is 2. The van der Waals surface area contributed by atoms with Gasteiger partial charge < -0.3 is 15.0 Å². The van der Waals surface area contributed by atoms with Gasteiger partial charge in [0, 0.05) is 10.2 Å². The van der Waals surface area contributed by atoms with Crippen molar-refractivity contribution in [2.24, 2.45) is 0 Å². The third-order valence-electron chi connectivity index (χ3n) is 4.58. The molecule has 1 aromatic heterocycles. The molecule has 0 spiro atoms. The van der Waals surface area contributed by atoms with E-state index in [4.69, 9.17) is 16.3 Å². The average Bonchev–Trinajstić information content (AvgIpc) is 3.24. The van der Waals surface area contributed by atoms with Gasteiger partial charge in [-0.2, -0.15) is 0 Å². The van der Waals surface area contributed by atoms with Crippen LogP contribution in [0.15, 0.2) is 53.1 Å². The fraction of sp³-hybridized carbons (Fsp3) is 0.150. The molecule has 1 atom stereocenters. The predicted octanol–water partition coefficient (Wildman–Crippen LogP) is 5.19. The van der Waals surface area contributed by atoms with E-state index >= 15 is 0 Å². The van der Waals surface area contributed by atoms with Crippen LogP contribution in [-0.4, -0.2) is 28.6 Å². The van der Waals surface area contributed by atoms with Gasteiger partial charge in [0.05, 0.1) is 33.4 Å². The lowest BCUT2D eigenvalue weighted by molar-refractivity contribution is -0.117. The normalized spacial score (nSPS) is 14.9. The standard InChI is InChI=1S/C20H16BrClN4O3/c1-10-9-29-20(28)26(10)17-6-4-13(8-14(17)22)23-19(27)11(2)18-24-15-5-3-12(21)7-16(15)25-18/h3-8,11H,1,9H2,2H3,(H,23,27)(H,24,25). The van der Waals surface area contributed by atoms with Crippen LogP contribution in [0.1, 0.15) is 18.7 Å². The Morgan fingerprint density at radius 2 is 2.17 bits per heavy atom. The number of rotatable bonds is 4. The van der Waals surface area contributed by atoms with E-state index in [1.807, 2.05) is 18.2 Å². The van der Waals surface area contributed by atoms with E-state index in [9.17, 15) is 9.59 Å². The van der Waals surface area contributed by atoms with Crippen LogP contribution in [0, 0.1) is 0 Å². The van der Waals surface area contributed by atoms with Crippen LogP contribution in [0.3, 0.4) is 0 Å². The number of ether oxygens (including phenoxy) is 1. The molecule has 2 N–H and O–H groups in total. The molecule has 148 valence electrons. The van der Waals surface area contributed by atoms with Crippen molar-refractivity contribution in [2.45, 2.75) is 12.8 Å². The van der Waals surface area contributed by atoms with Crippen LogP contribution >= 0.6 is 27.5 Å². The Labute approximate surface area is 179 Å². The molecule has 29 heavy (non-hydrogen) atoms. The average molecular weight is 476 g/mol. The summed E-state index contributed by atoms with van der Waals surface area (Å²) in [6.45, 7) is 5.68. The lowest BCUT2D eigenvalue weighted by Crippen LogP contribution is -2.22. The van der Waals surface area contributed by atoms with Crippen molar-refractivity contribution in [3.63, 3.8) is 0 Å². The zero-order chi connectivity index (χ0) is 20.7. The maximum atomic E-state index is 12.7. The number of imidazole rings is 1. The number of hydrogen-bond acceptors (Lipinski definition) is 4. The summed E-state index contributed by atoms with van der Waals surface area (Å²) in [6.07, 6.45) is -0.529. The quantitative estimate of drug-likeness (QED) is 0.543. The van der Waals surface area contributed by atoms with Gasteiger partial charge in [-0.05, 0) is 43.3 Å². The second-order valence-electron chi connectivity index (χ2n) is 6.62. The van der Waals surface area contributed by atoms with Crippen molar-refractivity contribution >= 4 is 61.9 Å². The lowest BCUT2D eigenvalue weighted by atomic mass is 10.1. The van der Waals surface area contributed by atoms with Crippen LogP contribution in [0.5, 0.6) is 0 Å². The largest absolute Gasteiger partial charge is 0.442 e. The Kier molecular flexibility index (Phi) is 5.06. The summed E-state index contributed by atoms with van der Waals surface area (Å²) < 4.78 is 5.87. The maximum absolute atomic E-state index is 12.7. The summed E-state index contributed by atoms with van der Waals surface area (Å²) in [6, 6.07) is 10.6. The fourth-order valence-corrected chi connectivity index (χ4v) is 3.65. The third kappa shape index (κ3) is 3.73. The Morgan fingerprint density at radius 1 is 1.38 bits per heavy atom. The lowest BCUT2D eigenvalue weighted by Gasteiger charge is -2.17. The molecule has 0 radical (unpaired) electrons. The number of carbonyl (C=O) groups excluding carboxylic acids is 2. The number of hydrogen-bond donors (Lipinski definition) is 2. The summed E-state index contributed by atoms with van der Waals surface area (Å²) >= 11 is 9.74. The summed E-state index contributed by atoms with van der Waals surface area (Å²) in [5.41, 5.74) is 3.09. The molecule has 1 unspecified atom stereocenters. The Hall–Kier alpha value is -2.84. The van der Waals surface area contributed by atoms with E-state index < -0.39 is 12.0 Å². The summed E-state index contributed by atoms with van der Waals surface area (Å²) in [7, 11) is 0. The highest BCUT2D eigenvalue weighted by Crippen LogP contribution is 2.34. The smallest absolute Gasteiger partial charge is 0.419 e. The van der Waals surface area contributed by atoms with E-state index in [1.165, 1.54) is 4.90 Å². The number of nitrogens with zero attached hydrogens (tertiary/aromatic N) is 2. The first kappa shape index (κ1) is 19.5. The number of H-pyrrole nitrogens is 1. The molecule has 1 aliphatic heterocycles. The molecule has 2 aromatic carbocycles. The zero-order valence-corrected chi connectivity index (χ0v) is 17.7. The van der Waals surface area contributed by atoms with Gasteiger partial charge in [0.2, 0.25) is 5.91 Å². The van der Waals surface area contributed by atoms with Crippen molar-refractivity contribution in [2.75, 3.05) is 16.8 Å². The minimum Gasteiger partial charge on any atom is -0.442 e. The van der Waals surface area contributed by atoms with Gasteiger partial charge in [0.1, 0.15) is 12.4 Å². The van der Waals surface area contributed by atoms with Gasteiger partial charge in [-0.15, -0.1) is 0 Å². The number of amides is 2. The first-order valence-electron chi connectivity index (χ1n) is 8.73. The van der Waals surface area contributed by atoms with Gasteiger partial charge in [0.25, 0.3) is 0 Å². The Morgan fingerprint density at radius 3 is 2.86 bits per heavy atom. The molecule has 0 bridgehead atoms. The number of aromatic amines is 1. The number of cyclic esters (lactones) is 1. The molecule has 3 aromatic rings. The predicted molar refractivity (Wildman–Crippen MR) is 115 cm³/mol. The SMILES string of the molecule is C=C1COC(=O)N1c1ccc(NC(=O)C(C)c2nc3ccc(Br)cc3[nH]2)cc1Cl. The number of benzene rings is 2. The molecule has 0 saturated carbocycles. The fourth-order valence-electron chi connectivity index (χ4n) is 3.02. The van der Waals surface area contributed by atoms with Crippen molar-refractivity contribution < 1.29 is 14.3 Å². The number of aromatic nitrogens is 2. The molecular weight excluding hydrogens is 460 g/mol. The highest BCUT2D eigenvalue weighted by Gasteiger charge is 2.29. The topological polar surface area (TPSA) is 87.3 Å². The second kappa shape index (κ2) is 7.53. The van der Waals surface area contributed by atoms with E-state index in [1.54, 1.807) is 25.1 Å². The van der Waals surface area contributed by atoms with Crippen molar-refractivity contribution in [1.29, 1.82) is 0 Å². The summed E-state index contributed by atoms with van der Waals surface area (Å²) in [4.78, 5) is 33.5. The van der Waals surface area contributed by atoms with Crippen molar-refractivity contribution in [3.05, 3.63) is 64.0 Å². The molecule has 1 aliphatic rings. The first-order valence-corrected chi connectivity index (χ1v) is 9.91. The van der Waals surface area contributed by atoms with Gasteiger partial charge >= 0.3 is 6.09 Å². The number of carbonyl (C=O) groups is 2. The van der Waals surface area contributed by atoms with Gasteiger partial charge in [-0.1, -0.05) is 34.1 Å². The number of fused-ring (bicyclic) bond motifs is 1. The number of anilines is 2. The Bertz CT molecular complexity index is 1140. The molecule has 1 fully saturated rings. The van der Waals surface area contributed by atoms with Gasteiger partial charge in [-0.25, -0.2) is 14.7 Å². The highest BCUT2D eigenvalue weighted by molar-refractivity contribution is 9.10. The van der Waals surface area contributed by atoms with Crippen LogP contribution in [0.25, 0.3) is 11.0 Å². The minimum absolute atomic E-state index is 0.124.